The Morgan fingerprint density at radius 1 is 1.17 bits per heavy atom. The van der Waals surface area contributed by atoms with Crippen molar-refractivity contribution < 1.29 is 13.2 Å². The van der Waals surface area contributed by atoms with Crippen molar-refractivity contribution in [3.63, 3.8) is 0 Å². The Kier molecular flexibility index (Phi) is 4.38. The van der Waals surface area contributed by atoms with Gasteiger partial charge in [-0.15, -0.1) is 5.10 Å². The van der Waals surface area contributed by atoms with Gasteiger partial charge in [-0.05, 0) is 24.3 Å². The maximum atomic E-state index is 13.5. The van der Waals surface area contributed by atoms with E-state index in [2.05, 4.69) is 25.3 Å². The molecule has 3 aromatic heterocycles. The number of nitrogens with zero attached hydrogens (tertiary/aromatic N) is 7. The van der Waals surface area contributed by atoms with Crippen molar-refractivity contribution in [1.29, 1.82) is 0 Å². The second-order valence-corrected chi connectivity index (χ2v) is 8.03. The number of hydrogen-bond acceptors (Lipinski definition) is 7. The van der Waals surface area contributed by atoms with Crippen molar-refractivity contribution in [3.8, 4) is 11.5 Å². The third-order valence-electron chi connectivity index (χ3n) is 5.02. The lowest BCUT2D eigenvalue weighted by molar-refractivity contribution is -0.137. The number of fused-ring (bicyclic) bond motifs is 1. The van der Waals surface area contributed by atoms with Gasteiger partial charge in [-0.3, -0.25) is 5.01 Å². The van der Waals surface area contributed by atoms with Crippen LogP contribution < -0.4 is 9.91 Å². The highest BCUT2D eigenvalue weighted by atomic mass is 32.1. The predicted octanol–water partition coefficient (Wildman–Crippen LogP) is 3.14. The van der Waals surface area contributed by atoms with Gasteiger partial charge < -0.3 is 9.88 Å². The number of rotatable bonds is 3. The maximum absolute atomic E-state index is 13.5. The van der Waals surface area contributed by atoms with Gasteiger partial charge in [0.2, 0.25) is 5.01 Å². The maximum Gasteiger partial charge on any atom is 0.443 e. The second kappa shape index (κ2) is 6.97. The van der Waals surface area contributed by atoms with E-state index in [0.29, 0.717) is 47.3 Å². The molecule has 30 heavy (non-hydrogen) atoms. The molecule has 0 bridgehead atoms. The van der Waals surface area contributed by atoms with E-state index < -0.39 is 11.2 Å². The molecule has 1 atom stereocenters. The summed E-state index contributed by atoms with van der Waals surface area (Å²) in [4.78, 5) is 15.1. The fourth-order valence-electron chi connectivity index (χ4n) is 3.64. The summed E-state index contributed by atoms with van der Waals surface area (Å²) in [7, 11) is 0. The number of thiazole rings is 1. The number of aromatic amines is 1. The molecule has 0 aliphatic carbocycles. The summed E-state index contributed by atoms with van der Waals surface area (Å²) in [5.74, 6) is 0.337. The largest absolute Gasteiger partial charge is 0.443 e. The molecule has 156 valence electrons. The van der Waals surface area contributed by atoms with E-state index in [1.165, 1.54) is 0 Å². The number of aromatic nitrogens is 6. The molecule has 0 radical (unpaired) electrons. The Hall–Kier alpha value is -3.15. The van der Waals surface area contributed by atoms with E-state index >= 15 is 0 Å². The molecule has 1 N–H and O–H groups in total. The van der Waals surface area contributed by atoms with Crippen molar-refractivity contribution >= 4 is 27.4 Å². The summed E-state index contributed by atoms with van der Waals surface area (Å²) in [6.07, 6.45) is -1.17. The van der Waals surface area contributed by atoms with Gasteiger partial charge in [0.15, 0.2) is 5.82 Å². The van der Waals surface area contributed by atoms with E-state index in [9.17, 15) is 13.2 Å². The van der Waals surface area contributed by atoms with Crippen LogP contribution in [0.15, 0.2) is 36.7 Å². The zero-order valence-electron chi connectivity index (χ0n) is 15.8. The number of H-pyrrole nitrogens is 1. The van der Waals surface area contributed by atoms with Crippen LogP contribution in [-0.2, 0) is 6.18 Å². The number of nitrogens with one attached hydrogen (secondary N) is 1. The predicted molar refractivity (Wildman–Crippen MR) is 107 cm³/mol. The third-order valence-corrected chi connectivity index (χ3v) is 6.18. The van der Waals surface area contributed by atoms with Gasteiger partial charge in [-0.25, -0.2) is 9.97 Å². The van der Waals surface area contributed by atoms with Crippen LogP contribution >= 0.6 is 11.3 Å². The standard InChI is InChI=1S/C18H17F3N8S/c1-11-10-27(8-9-28(11)29-7-6-22-26-29)16-14(25-17(30-16)18(19,20)21)15-23-12-4-2-3-5-13(12)24-15/h2-7,11H,8-10H2,1H3,(H,23,24). The van der Waals surface area contributed by atoms with Crippen LogP contribution in [0.5, 0.6) is 0 Å². The summed E-state index contributed by atoms with van der Waals surface area (Å²) in [6.45, 7) is 3.63. The fourth-order valence-corrected chi connectivity index (χ4v) is 4.61. The molecular formula is C18H17F3N8S. The average Bonchev–Trinajstić information content (AvgIpc) is 3.45. The summed E-state index contributed by atoms with van der Waals surface area (Å²) in [5.41, 5.74) is 1.67. The Bertz CT molecular complexity index is 1130. The quantitative estimate of drug-likeness (QED) is 0.534. The first-order valence-corrected chi connectivity index (χ1v) is 10.1. The minimum Gasteiger partial charge on any atom is -0.358 e. The Morgan fingerprint density at radius 3 is 2.70 bits per heavy atom. The first-order valence-electron chi connectivity index (χ1n) is 9.31. The highest BCUT2D eigenvalue weighted by Gasteiger charge is 2.38. The molecule has 1 aliphatic rings. The van der Waals surface area contributed by atoms with Gasteiger partial charge in [0.05, 0.1) is 36.0 Å². The molecule has 8 nitrogen and oxygen atoms in total. The van der Waals surface area contributed by atoms with Crippen LogP contribution in [0.4, 0.5) is 18.2 Å². The summed E-state index contributed by atoms with van der Waals surface area (Å²) >= 11 is 0.655. The van der Waals surface area contributed by atoms with Crippen molar-refractivity contribution in [3.05, 3.63) is 41.7 Å². The number of anilines is 1. The van der Waals surface area contributed by atoms with Crippen LogP contribution in [0.25, 0.3) is 22.6 Å². The SMILES string of the molecule is CC1CN(c2sc(C(F)(F)F)nc2-c2nc3ccccc3[nH]2)CCN1n1ccnn1. The highest BCUT2D eigenvalue weighted by molar-refractivity contribution is 7.16. The number of halogens is 3. The minimum atomic E-state index is -4.52. The van der Waals surface area contributed by atoms with Gasteiger partial charge >= 0.3 is 6.18 Å². The molecule has 1 fully saturated rings. The number of piperazine rings is 1. The molecular weight excluding hydrogens is 417 g/mol. The third kappa shape index (κ3) is 3.26. The van der Waals surface area contributed by atoms with Crippen LogP contribution in [-0.4, -0.2) is 55.7 Å². The number of benzene rings is 1. The molecule has 5 rings (SSSR count). The first-order chi connectivity index (χ1) is 14.4. The van der Waals surface area contributed by atoms with Crippen molar-refractivity contribution in [2.24, 2.45) is 0 Å². The Balaban J connectivity index is 1.52. The van der Waals surface area contributed by atoms with Gasteiger partial charge in [0.25, 0.3) is 0 Å². The van der Waals surface area contributed by atoms with E-state index in [0.717, 1.165) is 5.52 Å². The lowest BCUT2D eigenvalue weighted by Crippen LogP contribution is -2.56. The molecule has 1 unspecified atom stereocenters. The lowest BCUT2D eigenvalue weighted by atomic mass is 10.2. The first kappa shape index (κ1) is 18.9. The molecule has 1 aromatic carbocycles. The number of imidazole rings is 1. The number of hydrogen-bond donors (Lipinski definition) is 1. The number of para-hydroxylation sites is 2. The molecule has 4 aromatic rings. The fraction of sp³-hybridized carbons (Fsp3) is 0.333. The zero-order chi connectivity index (χ0) is 20.9. The smallest absolute Gasteiger partial charge is 0.358 e. The van der Waals surface area contributed by atoms with Crippen molar-refractivity contribution in [2.45, 2.75) is 19.1 Å². The van der Waals surface area contributed by atoms with Gasteiger partial charge in [0, 0.05) is 13.1 Å². The molecule has 4 heterocycles. The van der Waals surface area contributed by atoms with Crippen molar-refractivity contribution in [1.82, 2.24) is 30.1 Å². The molecule has 0 spiro atoms. The zero-order valence-corrected chi connectivity index (χ0v) is 16.7. The Morgan fingerprint density at radius 2 is 2.00 bits per heavy atom. The molecule has 1 aliphatic heterocycles. The van der Waals surface area contributed by atoms with Crippen molar-refractivity contribution in [2.75, 3.05) is 29.5 Å². The highest BCUT2D eigenvalue weighted by Crippen LogP contribution is 2.42. The van der Waals surface area contributed by atoms with E-state index in [1.54, 1.807) is 17.2 Å². The molecule has 12 heteroatoms. The summed E-state index contributed by atoms with van der Waals surface area (Å²) in [5, 5.41) is 9.45. The monoisotopic (exact) mass is 434 g/mol. The number of alkyl halides is 3. The van der Waals surface area contributed by atoms with Gasteiger partial charge in [-0.1, -0.05) is 23.5 Å². The van der Waals surface area contributed by atoms with Gasteiger partial charge in [-0.2, -0.15) is 18.0 Å². The molecule has 0 amide bonds. The molecule has 0 saturated carbocycles. The molecule has 1 saturated heterocycles. The normalized spacial score (nSPS) is 17.8. The average molecular weight is 434 g/mol. The van der Waals surface area contributed by atoms with Crippen LogP contribution in [0, 0.1) is 0 Å². The van der Waals surface area contributed by atoms with E-state index in [-0.39, 0.29) is 11.7 Å². The van der Waals surface area contributed by atoms with E-state index in [1.807, 2.05) is 41.1 Å². The van der Waals surface area contributed by atoms with Crippen LogP contribution in [0.2, 0.25) is 0 Å². The van der Waals surface area contributed by atoms with E-state index in [4.69, 9.17) is 0 Å². The Labute approximate surface area is 172 Å². The van der Waals surface area contributed by atoms with Gasteiger partial charge in [0.1, 0.15) is 10.7 Å². The summed E-state index contributed by atoms with van der Waals surface area (Å²) in [6, 6.07) is 7.34. The topological polar surface area (TPSA) is 78.8 Å². The van der Waals surface area contributed by atoms with Crippen LogP contribution in [0.3, 0.4) is 0 Å². The minimum absolute atomic E-state index is 0.0143. The van der Waals surface area contributed by atoms with Crippen LogP contribution in [0.1, 0.15) is 11.9 Å². The lowest BCUT2D eigenvalue weighted by Gasteiger charge is -2.40. The summed E-state index contributed by atoms with van der Waals surface area (Å²) < 4.78 is 40.4. The second-order valence-electron chi connectivity index (χ2n) is 7.05.